The molecule has 0 unspecified atom stereocenters. The van der Waals surface area contributed by atoms with E-state index in [2.05, 4.69) is 27.0 Å². The van der Waals surface area contributed by atoms with Gasteiger partial charge >= 0.3 is 0 Å². The number of carbonyl (C=O) groups is 1. The molecule has 2 heterocycles. The fourth-order valence-corrected chi connectivity index (χ4v) is 3.90. The maximum atomic E-state index is 13.5. The number of rotatable bonds is 7. The van der Waals surface area contributed by atoms with E-state index in [9.17, 15) is 9.18 Å². The minimum absolute atomic E-state index is 0.0273. The van der Waals surface area contributed by atoms with Gasteiger partial charge in [-0.1, -0.05) is 41.9 Å². The predicted molar refractivity (Wildman–Crippen MR) is 110 cm³/mol. The van der Waals surface area contributed by atoms with Gasteiger partial charge in [-0.25, -0.2) is 9.37 Å². The molecule has 0 saturated carbocycles. The molecule has 29 heavy (non-hydrogen) atoms. The summed E-state index contributed by atoms with van der Waals surface area (Å²) in [6, 6.07) is 14.3. The van der Waals surface area contributed by atoms with E-state index in [4.69, 9.17) is 11.6 Å². The van der Waals surface area contributed by atoms with E-state index in [1.54, 1.807) is 17.3 Å². The molecule has 1 fully saturated rings. The summed E-state index contributed by atoms with van der Waals surface area (Å²) in [5.41, 5.74) is 2.92. The number of hydrogen-bond acceptors (Lipinski definition) is 3. The van der Waals surface area contributed by atoms with Crippen molar-refractivity contribution < 1.29 is 9.18 Å². The number of nitrogens with one attached hydrogen (secondary N) is 1. The lowest BCUT2D eigenvalue weighted by molar-refractivity contribution is -0.129. The number of aromatic nitrogens is 2. The Morgan fingerprint density at radius 3 is 2.76 bits per heavy atom. The van der Waals surface area contributed by atoms with Gasteiger partial charge in [-0.05, 0) is 35.7 Å². The lowest BCUT2D eigenvalue weighted by atomic mass is 10.2. The molecule has 3 aromatic rings. The van der Waals surface area contributed by atoms with Gasteiger partial charge in [0.15, 0.2) is 0 Å². The third-order valence-electron chi connectivity index (χ3n) is 5.12. The Balaban J connectivity index is 1.34. The number of nitrogens with zero attached hydrogens (tertiary/aromatic N) is 3. The van der Waals surface area contributed by atoms with Crippen LogP contribution in [0, 0.1) is 5.82 Å². The Morgan fingerprint density at radius 1 is 1.14 bits per heavy atom. The van der Waals surface area contributed by atoms with Crippen LogP contribution in [-0.2, 0) is 24.4 Å². The largest absolute Gasteiger partial charge is 0.337 e. The normalized spacial score (nSPS) is 16.6. The average molecular weight is 413 g/mol. The quantitative estimate of drug-likeness (QED) is 0.645. The molecule has 1 atom stereocenters. The lowest BCUT2D eigenvalue weighted by Gasteiger charge is -2.18. The maximum Gasteiger partial charge on any atom is 0.240 e. The highest BCUT2D eigenvalue weighted by atomic mass is 35.5. The molecule has 1 amide bonds. The number of halogens is 2. The van der Waals surface area contributed by atoms with E-state index >= 15 is 0 Å². The summed E-state index contributed by atoms with van der Waals surface area (Å²) in [7, 11) is 0. The van der Waals surface area contributed by atoms with Gasteiger partial charge in [0.1, 0.15) is 5.82 Å². The summed E-state index contributed by atoms with van der Waals surface area (Å²) < 4.78 is 15.6. The van der Waals surface area contributed by atoms with Crippen molar-refractivity contribution in [3.63, 3.8) is 0 Å². The second-order valence-corrected chi connectivity index (χ2v) is 7.69. The van der Waals surface area contributed by atoms with Crippen LogP contribution in [0.1, 0.15) is 23.2 Å². The molecule has 0 spiro atoms. The molecule has 2 aromatic carbocycles. The van der Waals surface area contributed by atoms with Crippen LogP contribution in [-0.4, -0.2) is 32.9 Å². The first-order valence-electron chi connectivity index (χ1n) is 9.58. The van der Waals surface area contributed by atoms with Gasteiger partial charge in [-0.3, -0.25) is 4.79 Å². The Labute approximate surface area is 174 Å². The van der Waals surface area contributed by atoms with Crippen molar-refractivity contribution in [1.82, 2.24) is 19.8 Å². The van der Waals surface area contributed by atoms with Crippen LogP contribution < -0.4 is 5.32 Å². The number of imidazole rings is 1. The number of hydrogen-bond donors (Lipinski definition) is 1. The summed E-state index contributed by atoms with van der Waals surface area (Å²) in [6.45, 7) is 2.29. The Bertz CT molecular complexity index is 971. The topological polar surface area (TPSA) is 50.2 Å². The highest BCUT2D eigenvalue weighted by Crippen LogP contribution is 2.19. The van der Waals surface area contributed by atoms with Crippen LogP contribution in [0.15, 0.2) is 61.1 Å². The van der Waals surface area contributed by atoms with Crippen LogP contribution in [0.4, 0.5) is 4.39 Å². The van der Waals surface area contributed by atoms with E-state index in [0.717, 1.165) is 12.2 Å². The monoisotopic (exact) mass is 412 g/mol. The van der Waals surface area contributed by atoms with Gasteiger partial charge in [-0.15, -0.1) is 0 Å². The molecule has 1 saturated heterocycles. The first-order chi connectivity index (χ1) is 14.1. The summed E-state index contributed by atoms with van der Waals surface area (Å²) in [5.74, 6) is -0.361. The second-order valence-electron chi connectivity index (χ2n) is 7.26. The Kier molecular flexibility index (Phi) is 5.92. The third-order valence-corrected chi connectivity index (χ3v) is 5.34. The number of amides is 1. The van der Waals surface area contributed by atoms with Crippen LogP contribution in [0.5, 0.6) is 0 Å². The van der Waals surface area contributed by atoms with Crippen molar-refractivity contribution in [3.8, 4) is 0 Å². The average Bonchev–Trinajstić information content (AvgIpc) is 3.27. The van der Waals surface area contributed by atoms with E-state index in [0.29, 0.717) is 36.6 Å². The van der Waals surface area contributed by atoms with Crippen LogP contribution in [0.2, 0.25) is 5.02 Å². The molecule has 4 rings (SSSR count). The summed E-state index contributed by atoms with van der Waals surface area (Å²) >= 11 is 5.92. The highest BCUT2D eigenvalue weighted by Gasteiger charge is 2.31. The van der Waals surface area contributed by atoms with Gasteiger partial charge < -0.3 is 14.8 Å². The first-order valence-corrected chi connectivity index (χ1v) is 9.96. The van der Waals surface area contributed by atoms with Crippen molar-refractivity contribution in [3.05, 3.63) is 88.7 Å². The zero-order valence-corrected chi connectivity index (χ0v) is 16.6. The van der Waals surface area contributed by atoms with Crippen LogP contribution in [0.3, 0.4) is 0 Å². The molecule has 0 aliphatic carbocycles. The fraction of sp³-hybridized carbons (Fsp3) is 0.273. The van der Waals surface area contributed by atoms with Crippen molar-refractivity contribution >= 4 is 17.5 Å². The van der Waals surface area contributed by atoms with Crippen molar-refractivity contribution in [1.29, 1.82) is 0 Å². The minimum atomic E-state index is -0.388. The van der Waals surface area contributed by atoms with Crippen molar-refractivity contribution in [2.75, 3.05) is 6.54 Å². The number of likely N-dealkylation sites (tertiary alicyclic amines) is 1. The zero-order valence-electron chi connectivity index (χ0n) is 15.9. The molecule has 0 radical (unpaired) electrons. The summed E-state index contributed by atoms with van der Waals surface area (Å²) in [5, 5.41) is 3.69. The van der Waals surface area contributed by atoms with Crippen LogP contribution in [0.25, 0.3) is 0 Å². The van der Waals surface area contributed by atoms with Gasteiger partial charge in [0.2, 0.25) is 5.91 Å². The smallest absolute Gasteiger partial charge is 0.240 e. The second kappa shape index (κ2) is 8.76. The molecule has 1 N–H and O–H groups in total. The van der Waals surface area contributed by atoms with Gasteiger partial charge in [0, 0.05) is 37.4 Å². The number of carbonyl (C=O) groups excluding carboxylic acids is 1. The molecular weight excluding hydrogens is 391 g/mol. The summed E-state index contributed by atoms with van der Waals surface area (Å²) in [4.78, 5) is 18.7. The Morgan fingerprint density at radius 2 is 1.97 bits per heavy atom. The fourth-order valence-electron chi connectivity index (χ4n) is 3.65. The van der Waals surface area contributed by atoms with E-state index in [1.807, 2.05) is 24.4 Å². The maximum absolute atomic E-state index is 13.5. The highest BCUT2D eigenvalue weighted by molar-refractivity contribution is 6.30. The van der Waals surface area contributed by atoms with Gasteiger partial charge in [0.05, 0.1) is 18.1 Å². The predicted octanol–water partition coefficient (Wildman–Crippen LogP) is 3.61. The third kappa shape index (κ3) is 4.83. The molecular formula is C22H22ClFN4O. The van der Waals surface area contributed by atoms with Gasteiger partial charge in [-0.2, -0.15) is 0 Å². The lowest BCUT2D eigenvalue weighted by Crippen LogP contribution is -2.38. The number of benzene rings is 2. The van der Waals surface area contributed by atoms with E-state index in [1.165, 1.54) is 17.7 Å². The standard InChI is InChI=1S/C22H22ClFN4O/c23-18-8-17(9-19(24)10-18)14-27-7-6-21(22(27)29)26-12-20-11-25-15-28(20)13-16-4-2-1-3-5-16/h1-5,8-11,15,21,26H,6-7,12-14H2/t21-/m0/s1. The molecule has 1 aliphatic heterocycles. The van der Waals surface area contributed by atoms with Crippen LogP contribution >= 0.6 is 11.6 Å². The first kappa shape index (κ1) is 19.6. The van der Waals surface area contributed by atoms with Gasteiger partial charge in [0.25, 0.3) is 0 Å². The van der Waals surface area contributed by atoms with Crippen molar-refractivity contribution in [2.45, 2.75) is 32.1 Å². The molecule has 7 heteroatoms. The Hall–Kier alpha value is -2.70. The SMILES string of the molecule is O=C1[C@@H](NCc2cncn2Cc2ccccc2)CCN1Cc1cc(F)cc(Cl)c1. The van der Waals surface area contributed by atoms with Crippen molar-refractivity contribution in [2.24, 2.45) is 0 Å². The molecule has 0 bridgehead atoms. The molecule has 1 aromatic heterocycles. The molecule has 150 valence electrons. The molecule has 5 nitrogen and oxygen atoms in total. The minimum Gasteiger partial charge on any atom is -0.337 e. The summed E-state index contributed by atoms with van der Waals surface area (Å²) in [6.07, 6.45) is 4.34. The van der Waals surface area contributed by atoms with E-state index < -0.39 is 0 Å². The zero-order chi connectivity index (χ0) is 20.2. The molecule has 1 aliphatic rings. The van der Waals surface area contributed by atoms with E-state index in [-0.39, 0.29) is 17.8 Å².